The van der Waals surface area contributed by atoms with Gasteiger partial charge in [0.2, 0.25) is 0 Å². The second-order valence-corrected chi connectivity index (χ2v) is 8.86. The van der Waals surface area contributed by atoms with E-state index in [1.165, 1.54) is 24.3 Å². The number of halogens is 3. The maximum atomic E-state index is 13.1. The van der Waals surface area contributed by atoms with E-state index < -0.39 is 17.8 Å². The van der Waals surface area contributed by atoms with Crippen molar-refractivity contribution < 1.29 is 23.9 Å². The number of nitrogens with one attached hydrogen (secondary N) is 1. The second kappa shape index (κ2) is 11.0. The molecule has 0 radical (unpaired) electrons. The molecule has 0 atom stereocenters. The Balaban J connectivity index is 1.61. The Hall–Kier alpha value is -3.52. The molecule has 1 heterocycles. The van der Waals surface area contributed by atoms with Crippen LogP contribution in [0.15, 0.2) is 66.2 Å². The maximum Gasteiger partial charge on any atom is 0.335 e. The number of anilines is 1. The van der Waals surface area contributed by atoms with Crippen molar-refractivity contribution in [3.8, 4) is 11.5 Å². The summed E-state index contributed by atoms with van der Waals surface area (Å²) in [6.07, 6.45) is 1.38. The van der Waals surface area contributed by atoms with Gasteiger partial charge in [-0.25, -0.2) is 9.69 Å². The average Bonchev–Trinajstić information content (AvgIpc) is 2.84. The summed E-state index contributed by atoms with van der Waals surface area (Å²) < 4.78 is 11.6. The van der Waals surface area contributed by atoms with Crippen molar-refractivity contribution in [3.63, 3.8) is 0 Å². The van der Waals surface area contributed by atoms with E-state index in [0.29, 0.717) is 35.3 Å². The van der Waals surface area contributed by atoms with Gasteiger partial charge in [0, 0.05) is 5.02 Å². The Morgan fingerprint density at radius 3 is 2.31 bits per heavy atom. The SMILES string of the molecule is CCOc1cc(/C=C2\C(=O)NC(=O)N(c3ccc(Cl)c(Cl)c3)C2=O)ccc1OCc1ccc(Cl)cc1. The maximum absolute atomic E-state index is 13.1. The van der Waals surface area contributed by atoms with Crippen LogP contribution in [0, 0.1) is 0 Å². The van der Waals surface area contributed by atoms with Gasteiger partial charge in [-0.3, -0.25) is 14.9 Å². The fraction of sp³-hybridized carbons (Fsp3) is 0.115. The van der Waals surface area contributed by atoms with E-state index in [1.807, 2.05) is 19.1 Å². The van der Waals surface area contributed by atoms with Crippen molar-refractivity contribution in [3.05, 3.63) is 92.4 Å². The van der Waals surface area contributed by atoms with Crippen LogP contribution in [0.2, 0.25) is 15.1 Å². The van der Waals surface area contributed by atoms with E-state index in [0.717, 1.165) is 10.5 Å². The lowest BCUT2D eigenvalue weighted by Crippen LogP contribution is -2.54. The predicted molar refractivity (Wildman–Crippen MR) is 139 cm³/mol. The quantitative estimate of drug-likeness (QED) is 0.279. The lowest BCUT2D eigenvalue weighted by molar-refractivity contribution is -0.122. The smallest absolute Gasteiger partial charge is 0.335 e. The van der Waals surface area contributed by atoms with Crippen molar-refractivity contribution in [2.75, 3.05) is 11.5 Å². The van der Waals surface area contributed by atoms with Gasteiger partial charge < -0.3 is 9.47 Å². The summed E-state index contributed by atoms with van der Waals surface area (Å²) in [7, 11) is 0. The highest BCUT2D eigenvalue weighted by Gasteiger charge is 2.37. The van der Waals surface area contributed by atoms with Crippen molar-refractivity contribution in [2.45, 2.75) is 13.5 Å². The van der Waals surface area contributed by atoms with E-state index in [1.54, 1.807) is 30.3 Å². The molecule has 184 valence electrons. The monoisotopic (exact) mass is 544 g/mol. The number of amides is 4. The Labute approximate surface area is 222 Å². The van der Waals surface area contributed by atoms with Gasteiger partial charge in [0.1, 0.15) is 12.2 Å². The molecule has 36 heavy (non-hydrogen) atoms. The number of urea groups is 1. The summed E-state index contributed by atoms with van der Waals surface area (Å²) in [6.45, 7) is 2.49. The van der Waals surface area contributed by atoms with Crippen LogP contribution in [0.25, 0.3) is 6.08 Å². The molecule has 1 aliphatic heterocycles. The molecule has 0 saturated carbocycles. The minimum Gasteiger partial charge on any atom is -0.490 e. The third-order valence-corrected chi connectivity index (χ3v) is 6.14. The van der Waals surface area contributed by atoms with E-state index in [4.69, 9.17) is 44.3 Å². The number of carbonyl (C=O) groups excluding carboxylic acids is 3. The molecular formula is C26H19Cl3N2O5. The van der Waals surface area contributed by atoms with Crippen molar-refractivity contribution >= 4 is 64.4 Å². The summed E-state index contributed by atoms with van der Waals surface area (Å²) in [5.41, 5.74) is 1.35. The molecule has 0 aromatic heterocycles. The summed E-state index contributed by atoms with van der Waals surface area (Å²) in [5.74, 6) is -0.701. The standard InChI is InChI=1S/C26H19Cl3N2O5/c1-2-35-23-12-16(5-10-22(23)36-14-15-3-6-17(27)7-4-15)11-19-24(32)30-26(34)31(25(19)33)18-8-9-20(28)21(29)13-18/h3-13H,2,14H2,1H3,(H,30,32,34)/b19-11+. The zero-order valence-corrected chi connectivity index (χ0v) is 21.2. The van der Waals surface area contributed by atoms with Crippen LogP contribution >= 0.6 is 34.8 Å². The second-order valence-electron chi connectivity index (χ2n) is 7.61. The van der Waals surface area contributed by atoms with Crippen molar-refractivity contribution in [1.29, 1.82) is 0 Å². The molecule has 0 unspecified atom stereocenters. The van der Waals surface area contributed by atoms with Gasteiger partial charge in [0.25, 0.3) is 11.8 Å². The third kappa shape index (κ3) is 5.65. The van der Waals surface area contributed by atoms with Gasteiger partial charge in [-0.2, -0.15) is 0 Å². The van der Waals surface area contributed by atoms with Gasteiger partial charge in [0.05, 0.1) is 22.3 Å². The van der Waals surface area contributed by atoms with E-state index in [9.17, 15) is 14.4 Å². The Morgan fingerprint density at radius 1 is 0.861 bits per heavy atom. The lowest BCUT2D eigenvalue weighted by atomic mass is 10.1. The number of nitrogens with zero attached hydrogens (tertiary/aromatic N) is 1. The molecule has 0 bridgehead atoms. The number of hydrogen-bond acceptors (Lipinski definition) is 5. The molecule has 0 aliphatic carbocycles. The van der Waals surface area contributed by atoms with Crippen LogP contribution < -0.4 is 19.7 Å². The highest BCUT2D eigenvalue weighted by molar-refractivity contribution is 6.43. The average molecular weight is 546 g/mol. The molecular weight excluding hydrogens is 527 g/mol. The minimum absolute atomic E-state index is 0.160. The third-order valence-electron chi connectivity index (χ3n) is 5.15. The Kier molecular flexibility index (Phi) is 7.84. The molecule has 1 N–H and O–H groups in total. The number of imide groups is 2. The molecule has 4 rings (SSSR count). The number of benzene rings is 3. The number of barbiturate groups is 1. The van der Waals surface area contributed by atoms with E-state index in [2.05, 4.69) is 5.32 Å². The molecule has 1 saturated heterocycles. The van der Waals surface area contributed by atoms with E-state index in [-0.39, 0.29) is 21.3 Å². The largest absolute Gasteiger partial charge is 0.490 e. The highest BCUT2D eigenvalue weighted by atomic mass is 35.5. The molecule has 3 aromatic carbocycles. The molecule has 7 nitrogen and oxygen atoms in total. The zero-order valence-electron chi connectivity index (χ0n) is 18.9. The first-order chi connectivity index (χ1) is 17.3. The van der Waals surface area contributed by atoms with Crippen LogP contribution in [0.3, 0.4) is 0 Å². The number of rotatable bonds is 7. The van der Waals surface area contributed by atoms with Gasteiger partial charge in [-0.1, -0.05) is 53.0 Å². The van der Waals surface area contributed by atoms with Crippen LogP contribution in [0.5, 0.6) is 11.5 Å². The van der Waals surface area contributed by atoms with Crippen LogP contribution in [-0.2, 0) is 16.2 Å². The first kappa shape index (κ1) is 25.6. The predicted octanol–water partition coefficient (Wildman–Crippen LogP) is 6.29. The normalized spacial score (nSPS) is 14.7. The van der Waals surface area contributed by atoms with Gasteiger partial charge >= 0.3 is 6.03 Å². The summed E-state index contributed by atoms with van der Waals surface area (Å²) in [5, 5.41) is 3.23. The molecule has 10 heteroatoms. The molecule has 1 aliphatic rings. The minimum atomic E-state index is -0.888. The first-order valence-electron chi connectivity index (χ1n) is 10.8. The summed E-state index contributed by atoms with van der Waals surface area (Å²) in [4.78, 5) is 38.9. The number of hydrogen-bond donors (Lipinski definition) is 1. The van der Waals surface area contributed by atoms with Gasteiger partial charge in [-0.05, 0) is 66.6 Å². The fourth-order valence-corrected chi connectivity index (χ4v) is 3.84. The molecule has 4 amide bonds. The molecule has 1 fully saturated rings. The Morgan fingerprint density at radius 2 is 1.61 bits per heavy atom. The number of ether oxygens (including phenoxy) is 2. The van der Waals surface area contributed by atoms with E-state index >= 15 is 0 Å². The van der Waals surface area contributed by atoms with Crippen molar-refractivity contribution in [2.24, 2.45) is 0 Å². The van der Waals surface area contributed by atoms with Gasteiger partial charge in [-0.15, -0.1) is 0 Å². The summed E-state index contributed by atoms with van der Waals surface area (Å²) >= 11 is 17.9. The van der Waals surface area contributed by atoms with Crippen LogP contribution in [-0.4, -0.2) is 24.5 Å². The van der Waals surface area contributed by atoms with Crippen LogP contribution in [0.1, 0.15) is 18.1 Å². The number of carbonyl (C=O) groups is 3. The van der Waals surface area contributed by atoms with Crippen LogP contribution in [0.4, 0.5) is 10.5 Å². The Bertz CT molecular complexity index is 1370. The lowest BCUT2D eigenvalue weighted by Gasteiger charge is -2.26. The van der Waals surface area contributed by atoms with Crippen molar-refractivity contribution in [1.82, 2.24) is 5.32 Å². The molecule has 3 aromatic rings. The zero-order chi connectivity index (χ0) is 25.8. The highest BCUT2D eigenvalue weighted by Crippen LogP contribution is 2.32. The van der Waals surface area contributed by atoms with Gasteiger partial charge in [0.15, 0.2) is 11.5 Å². The summed E-state index contributed by atoms with van der Waals surface area (Å²) in [6, 6.07) is 15.7. The fourth-order valence-electron chi connectivity index (χ4n) is 3.43. The molecule has 0 spiro atoms. The topological polar surface area (TPSA) is 84.9 Å². The first-order valence-corrected chi connectivity index (χ1v) is 11.9.